The van der Waals surface area contributed by atoms with Crippen LogP contribution in [0.15, 0.2) is 42.6 Å². The molecule has 27 heavy (non-hydrogen) atoms. The molecule has 0 unspecified atom stereocenters. The maximum absolute atomic E-state index is 13.2. The number of anilines is 1. The summed E-state index contributed by atoms with van der Waals surface area (Å²) in [6, 6.07) is 9.47. The Morgan fingerprint density at radius 2 is 1.96 bits per heavy atom. The molecule has 1 N–H and O–H groups in total. The second kappa shape index (κ2) is 7.65. The van der Waals surface area contributed by atoms with Gasteiger partial charge in [0.1, 0.15) is 5.75 Å². The average Bonchev–Trinajstić information content (AvgIpc) is 3.06. The number of ether oxygens (including phenoxy) is 1. The fraction of sp³-hybridized carbons (Fsp3) is 0.278. The lowest BCUT2D eigenvalue weighted by atomic mass is 10.1. The van der Waals surface area contributed by atoms with Crippen LogP contribution in [-0.2, 0) is 12.7 Å². The van der Waals surface area contributed by atoms with Crippen LogP contribution in [0, 0.1) is 6.92 Å². The predicted molar refractivity (Wildman–Crippen MR) is 94.5 cm³/mol. The molecule has 0 aliphatic rings. The highest BCUT2D eigenvalue weighted by molar-refractivity contribution is 5.63. The van der Waals surface area contributed by atoms with Gasteiger partial charge in [-0.3, -0.25) is 4.68 Å². The van der Waals surface area contributed by atoms with Crippen LogP contribution in [0.5, 0.6) is 5.75 Å². The summed E-state index contributed by atoms with van der Waals surface area (Å²) in [6.07, 6.45) is -2.78. The maximum atomic E-state index is 13.2. The number of nitrogens with zero attached hydrogens (tertiary/aromatic N) is 4. The summed E-state index contributed by atoms with van der Waals surface area (Å²) in [5.74, 6) is 0.440. The van der Waals surface area contributed by atoms with E-state index in [1.807, 2.05) is 13.0 Å². The van der Waals surface area contributed by atoms with Crippen LogP contribution in [0.4, 0.5) is 19.1 Å². The summed E-state index contributed by atoms with van der Waals surface area (Å²) in [5.41, 5.74) is 0.528. The van der Waals surface area contributed by atoms with Crippen LogP contribution in [0.1, 0.15) is 11.4 Å². The fourth-order valence-corrected chi connectivity index (χ4v) is 2.47. The highest BCUT2D eigenvalue weighted by atomic mass is 19.4. The molecule has 0 aliphatic heterocycles. The lowest BCUT2D eigenvalue weighted by molar-refractivity contribution is -0.141. The first-order chi connectivity index (χ1) is 12.8. The molecule has 0 fully saturated rings. The van der Waals surface area contributed by atoms with Crippen molar-refractivity contribution in [2.45, 2.75) is 19.6 Å². The molecule has 0 spiro atoms. The normalized spacial score (nSPS) is 11.4. The van der Waals surface area contributed by atoms with Crippen molar-refractivity contribution in [3.8, 4) is 17.0 Å². The minimum Gasteiger partial charge on any atom is -0.497 e. The van der Waals surface area contributed by atoms with Crippen molar-refractivity contribution in [1.82, 2.24) is 19.7 Å². The number of aryl methyl sites for hydroxylation is 1. The average molecular weight is 377 g/mol. The molecule has 0 atom stereocenters. The van der Waals surface area contributed by atoms with Gasteiger partial charge in [0.05, 0.1) is 25.0 Å². The van der Waals surface area contributed by atoms with E-state index in [4.69, 9.17) is 4.74 Å². The van der Waals surface area contributed by atoms with Gasteiger partial charge in [-0.05, 0) is 31.2 Å². The topological polar surface area (TPSA) is 64.9 Å². The first kappa shape index (κ1) is 18.7. The van der Waals surface area contributed by atoms with Crippen LogP contribution >= 0.6 is 0 Å². The Bertz CT molecular complexity index is 923. The molecule has 0 bridgehead atoms. The van der Waals surface area contributed by atoms with Crippen molar-refractivity contribution in [1.29, 1.82) is 0 Å². The van der Waals surface area contributed by atoms with Crippen molar-refractivity contribution >= 4 is 5.95 Å². The van der Waals surface area contributed by atoms with E-state index >= 15 is 0 Å². The second-order valence-corrected chi connectivity index (χ2v) is 5.84. The Labute approximate surface area is 154 Å². The van der Waals surface area contributed by atoms with Crippen molar-refractivity contribution in [3.05, 3.63) is 54.0 Å². The highest BCUT2D eigenvalue weighted by Gasteiger charge is 2.33. The van der Waals surface area contributed by atoms with Gasteiger partial charge < -0.3 is 10.1 Å². The van der Waals surface area contributed by atoms with Gasteiger partial charge in [0.25, 0.3) is 0 Å². The number of hydrogen-bond acceptors (Lipinski definition) is 5. The van der Waals surface area contributed by atoms with E-state index in [0.29, 0.717) is 24.4 Å². The smallest absolute Gasteiger partial charge is 0.433 e. The molecule has 3 aromatic rings. The van der Waals surface area contributed by atoms with Crippen molar-refractivity contribution < 1.29 is 17.9 Å². The van der Waals surface area contributed by atoms with Crippen LogP contribution < -0.4 is 10.1 Å². The number of nitrogens with one attached hydrogen (secondary N) is 1. The Morgan fingerprint density at radius 3 is 2.63 bits per heavy atom. The van der Waals surface area contributed by atoms with Gasteiger partial charge in [-0.15, -0.1) is 0 Å². The van der Waals surface area contributed by atoms with Crippen LogP contribution in [-0.4, -0.2) is 33.4 Å². The number of aromatic nitrogens is 4. The van der Waals surface area contributed by atoms with E-state index in [2.05, 4.69) is 20.4 Å². The SMILES string of the molecule is COc1cccc(-c2cc(C(F)(F)F)nc(NCCn3ccc(C)n3)n2)c1. The van der Waals surface area contributed by atoms with Crippen LogP contribution in [0.3, 0.4) is 0 Å². The van der Waals surface area contributed by atoms with Gasteiger partial charge in [-0.25, -0.2) is 9.97 Å². The van der Waals surface area contributed by atoms with Gasteiger partial charge >= 0.3 is 6.18 Å². The number of rotatable bonds is 6. The zero-order valence-electron chi connectivity index (χ0n) is 14.8. The van der Waals surface area contributed by atoms with Gasteiger partial charge in [0.2, 0.25) is 5.95 Å². The summed E-state index contributed by atoms with van der Waals surface area (Å²) in [6.45, 7) is 2.67. The van der Waals surface area contributed by atoms with Gasteiger partial charge in [0, 0.05) is 18.3 Å². The van der Waals surface area contributed by atoms with E-state index in [1.165, 1.54) is 7.11 Å². The van der Waals surface area contributed by atoms with E-state index in [-0.39, 0.29) is 11.6 Å². The zero-order valence-corrected chi connectivity index (χ0v) is 14.8. The number of halogens is 3. The number of methoxy groups -OCH3 is 1. The van der Waals surface area contributed by atoms with E-state index in [1.54, 1.807) is 35.1 Å². The fourth-order valence-electron chi connectivity index (χ4n) is 2.47. The predicted octanol–water partition coefficient (Wildman–Crippen LogP) is 3.79. The maximum Gasteiger partial charge on any atom is 0.433 e. The molecule has 3 rings (SSSR count). The summed E-state index contributed by atoms with van der Waals surface area (Å²) in [5, 5.41) is 7.06. The lowest BCUT2D eigenvalue weighted by Gasteiger charge is -2.12. The lowest BCUT2D eigenvalue weighted by Crippen LogP contribution is -2.16. The molecule has 0 aliphatic carbocycles. The highest BCUT2D eigenvalue weighted by Crippen LogP contribution is 2.31. The first-order valence-electron chi connectivity index (χ1n) is 8.20. The van der Waals surface area contributed by atoms with Gasteiger partial charge in [-0.1, -0.05) is 12.1 Å². The van der Waals surface area contributed by atoms with Gasteiger partial charge in [0.15, 0.2) is 5.69 Å². The molecule has 2 aromatic heterocycles. The third-order valence-corrected chi connectivity index (χ3v) is 3.78. The monoisotopic (exact) mass is 377 g/mol. The molecule has 0 radical (unpaired) electrons. The first-order valence-corrected chi connectivity index (χ1v) is 8.20. The summed E-state index contributed by atoms with van der Waals surface area (Å²) in [7, 11) is 1.49. The number of benzene rings is 1. The molecular formula is C18H18F3N5O. The van der Waals surface area contributed by atoms with Crippen LogP contribution in [0.25, 0.3) is 11.3 Å². The van der Waals surface area contributed by atoms with E-state index in [9.17, 15) is 13.2 Å². The zero-order chi connectivity index (χ0) is 19.4. The second-order valence-electron chi connectivity index (χ2n) is 5.84. The van der Waals surface area contributed by atoms with Crippen molar-refractivity contribution in [2.75, 3.05) is 19.0 Å². The number of hydrogen-bond donors (Lipinski definition) is 1. The van der Waals surface area contributed by atoms with Gasteiger partial charge in [-0.2, -0.15) is 18.3 Å². The Kier molecular flexibility index (Phi) is 5.29. The molecule has 0 saturated carbocycles. The summed E-state index contributed by atoms with van der Waals surface area (Å²) >= 11 is 0. The van der Waals surface area contributed by atoms with Crippen molar-refractivity contribution in [2.24, 2.45) is 0 Å². The quantitative estimate of drug-likeness (QED) is 0.708. The summed E-state index contributed by atoms with van der Waals surface area (Å²) < 4.78 is 46.5. The minimum absolute atomic E-state index is 0.0912. The summed E-state index contributed by atoms with van der Waals surface area (Å²) in [4.78, 5) is 7.82. The third-order valence-electron chi connectivity index (χ3n) is 3.78. The molecule has 1 aromatic carbocycles. The van der Waals surface area contributed by atoms with Crippen LogP contribution in [0.2, 0.25) is 0 Å². The Morgan fingerprint density at radius 1 is 1.15 bits per heavy atom. The standard InChI is InChI=1S/C18H18F3N5O/c1-12-6-8-26(25-12)9-7-22-17-23-15(11-16(24-17)18(19,20)21)13-4-3-5-14(10-13)27-2/h3-6,8,10-11H,7,9H2,1-2H3,(H,22,23,24). The molecule has 142 valence electrons. The largest absolute Gasteiger partial charge is 0.497 e. The Balaban J connectivity index is 1.86. The third kappa shape index (κ3) is 4.75. The molecule has 9 heteroatoms. The molecule has 0 amide bonds. The van der Waals surface area contributed by atoms with E-state index in [0.717, 1.165) is 11.8 Å². The van der Waals surface area contributed by atoms with E-state index < -0.39 is 11.9 Å². The molecular weight excluding hydrogens is 359 g/mol. The Hall–Kier alpha value is -3.10. The number of alkyl halides is 3. The van der Waals surface area contributed by atoms with Crippen molar-refractivity contribution in [3.63, 3.8) is 0 Å². The molecule has 6 nitrogen and oxygen atoms in total. The molecule has 2 heterocycles. The molecule has 0 saturated heterocycles. The minimum atomic E-state index is -4.58.